The van der Waals surface area contributed by atoms with Gasteiger partial charge in [-0.05, 0) is 18.2 Å². The summed E-state index contributed by atoms with van der Waals surface area (Å²) in [7, 11) is 1.73. The van der Waals surface area contributed by atoms with Crippen LogP contribution in [0.25, 0.3) is 11.3 Å². The Morgan fingerprint density at radius 2 is 2.04 bits per heavy atom. The van der Waals surface area contributed by atoms with Crippen molar-refractivity contribution in [2.24, 2.45) is 7.05 Å². The van der Waals surface area contributed by atoms with Gasteiger partial charge < -0.3 is 0 Å². The highest BCUT2D eigenvalue weighted by molar-refractivity contribution is 7.14. The Bertz CT molecular complexity index is 869. The Labute approximate surface area is 134 Å². The Morgan fingerprint density at radius 1 is 1.30 bits per heavy atom. The molecule has 1 N–H and O–H groups in total. The predicted molar refractivity (Wildman–Crippen MR) is 85.4 cm³/mol. The maximum Gasteiger partial charge on any atom is 0.277 e. The maximum absolute atomic E-state index is 12.0. The summed E-state index contributed by atoms with van der Waals surface area (Å²) < 4.78 is 1.54. The minimum atomic E-state index is -0.455. The number of carbonyl (C=O) groups is 1. The second kappa shape index (κ2) is 5.97. The lowest BCUT2D eigenvalue weighted by Gasteiger charge is -1.98. The van der Waals surface area contributed by atoms with E-state index in [-0.39, 0.29) is 11.6 Å². The third-order valence-corrected chi connectivity index (χ3v) is 3.80. The Morgan fingerprint density at radius 3 is 2.65 bits per heavy atom. The number of aryl methyl sites for hydroxylation is 1. The average molecular weight is 329 g/mol. The number of nitrogens with zero attached hydrogens (tertiary/aromatic N) is 4. The predicted octanol–water partition coefficient (Wildman–Crippen LogP) is 2.70. The van der Waals surface area contributed by atoms with Crippen LogP contribution in [0.5, 0.6) is 0 Å². The molecule has 2 aromatic heterocycles. The molecule has 0 unspecified atom stereocenters. The summed E-state index contributed by atoms with van der Waals surface area (Å²) in [5.74, 6) is -0.338. The SMILES string of the molecule is Cn1ccc(C(=O)Nc2nc(-c3ccc([N+](=O)[O-])cc3)cs2)n1. The summed E-state index contributed by atoms with van der Waals surface area (Å²) in [5, 5.41) is 19.6. The molecule has 0 aliphatic heterocycles. The van der Waals surface area contributed by atoms with Crippen LogP contribution >= 0.6 is 11.3 Å². The molecule has 0 spiro atoms. The van der Waals surface area contributed by atoms with Crippen molar-refractivity contribution >= 4 is 28.1 Å². The highest BCUT2D eigenvalue weighted by Crippen LogP contribution is 2.26. The quantitative estimate of drug-likeness (QED) is 0.585. The van der Waals surface area contributed by atoms with E-state index in [1.165, 1.54) is 23.5 Å². The first-order chi connectivity index (χ1) is 11.0. The largest absolute Gasteiger partial charge is 0.296 e. The monoisotopic (exact) mass is 329 g/mol. The van der Waals surface area contributed by atoms with Gasteiger partial charge in [-0.2, -0.15) is 5.10 Å². The third-order valence-electron chi connectivity index (χ3n) is 3.04. The zero-order chi connectivity index (χ0) is 16.4. The number of nitro benzene ring substituents is 1. The molecule has 0 bridgehead atoms. The summed E-state index contributed by atoms with van der Waals surface area (Å²) in [5.41, 5.74) is 1.71. The van der Waals surface area contributed by atoms with Gasteiger partial charge in [0.2, 0.25) is 0 Å². The Balaban J connectivity index is 1.75. The van der Waals surface area contributed by atoms with Crippen LogP contribution in [0, 0.1) is 10.1 Å². The van der Waals surface area contributed by atoms with Crippen LogP contribution in [-0.2, 0) is 7.05 Å². The molecule has 3 rings (SSSR count). The minimum absolute atomic E-state index is 0.0210. The first-order valence-electron chi connectivity index (χ1n) is 6.54. The van der Waals surface area contributed by atoms with Crippen LogP contribution in [0.3, 0.4) is 0 Å². The molecule has 1 aromatic carbocycles. The molecule has 0 fully saturated rings. The van der Waals surface area contributed by atoms with E-state index in [4.69, 9.17) is 0 Å². The van der Waals surface area contributed by atoms with Gasteiger partial charge in [0.15, 0.2) is 10.8 Å². The lowest BCUT2D eigenvalue weighted by Crippen LogP contribution is -2.12. The van der Waals surface area contributed by atoms with Crippen molar-refractivity contribution in [3.05, 3.63) is 57.7 Å². The van der Waals surface area contributed by atoms with Crippen LogP contribution in [-0.4, -0.2) is 25.6 Å². The summed E-state index contributed by atoms with van der Waals surface area (Å²) in [4.78, 5) is 26.5. The molecule has 0 radical (unpaired) electrons. The fourth-order valence-electron chi connectivity index (χ4n) is 1.91. The summed E-state index contributed by atoms with van der Waals surface area (Å²) in [6.45, 7) is 0. The fourth-order valence-corrected chi connectivity index (χ4v) is 2.63. The number of anilines is 1. The van der Waals surface area contributed by atoms with Crippen LogP contribution < -0.4 is 5.32 Å². The summed E-state index contributed by atoms with van der Waals surface area (Å²) >= 11 is 1.27. The van der Waals surface area contributed by atoms with Crippen LogP contribution in [0.15, 0.2) is 41.9 Å². The van der Waals surface area contributed by atoms with Crippen LogP contribution in [0.2, 0.25) is 0 Å². The molecule has 8 nitrogen and oxygen atoms in total. The van der Waals surface area contributed by atoms with Gasteiger partial charge in [0.1, 0.15) is 0 Å². The highest BCUT2D eigenvalue weighted by Gasteiger charge is 2.13. The smallest absolute Gasteiger partial charge is 0.277 e. The van der Waals surface area contributed by atoms with Crippen molar-refractivity contribution in [2.45, 2.75) is 0 Å². The molecule has 0 saturated carbocycles. The standard InChI is InChI=1S/C14H11N5O3S/c1-18-7-6-11(17-18)13(20)16-14-15-12(8-23-14)9-2-4-10(5-3-9)19(21)22/h2-8H,1H3,(H,15,16,20). The number of carbonyl (C=O) groups excluding carboxylic acids is 1. The molecule has 9 heteroatoms. The van der Waals surface area contributed by atoms with Gasteiger partial charge in [-0.1, -0.05) is 0 Å². The van der Waals surface area contributed by atoms with E-state index in [0.717, 1.165) is 5.56 Å². The Kier molecular flexibility index (Phi) is 3.85. The normalized spacial score (nSPS) is 10.5. The molecule has 23 heavy (non-hydrogen) atoms. The number of nitrogens with one attached hydrogen (secondary N) is 1. The molecule has 0 aliphatic carbocycles. The van der Waals surface area contributed by atoms with Gasteiger partial charge in [-0.3, -0.25) is 24.9 Å². The number of hydrogen-bond acceptors (Lipinski definition) is 6. The molecule has 0 saturated heterocycles. The van der Waals surface area contributed by atoms with E-state index in [1.807, 2.05) is 0 Å². The molecule has 0 atom stereocenters. The van der Waals surface area contributed by atoms with E-state index in [1.54, 1.807) is 41.5 Å². The van der Waals surface area contributed by atoms with E-state index in [0.29, 0.717) is 16.5 Å². The maximum atomic E-state index is 12.0. The van der Waals surface area contributed by atoms with E-state index >= 15 is 0 Å². The number of rotatable bonds is 4. The molecule has 1 amide bonds. The molecule has 116 valence electrons. The second-order valence-corrected chi connectivity index (χ2v) is 5.53. The van der Waals surface area contributed by atoms with Crippen molar-refractivity contribution in [3.8, 4) is 11.3 Å². The number of nitro groups is 1. The van der Waals surface area contributed by atoms with Gasteiger partial charge >= 0.3 is 0 Å². The third kappa shape index (κ3) is 3.24. The number of thiazole rings is 1. The second-order valence-electron chi connectivity index (χ2n) is 4.67. The van der Waals surface area contributed by atoms with Crippen LogP contribution in [0.4, 0.5) is 10.8 Å². The number of hydrogen-bond donors (Lipinski definition) is 1. The first kappa shape index (κ1) is 14.9. The summed E-state index contributed by atoms with van der Waals surface area (Å²) in [6, 6.07) is 7.69. The van der Waals surface area contributed by atoms with Crippen molar-refractivity contribution in [1.82, 2.24) is 14.8 Å². The van der Waals surface area contributed by atoms with E-state index in [2.05, 4.69) is 15.4 Å². The number of benzene rings is 1. The van der Waals surface area contributed by atoms with E-state index < -0.39 is 4.92 Å². The molecular weight excluding hydrogens is 318 g/mol. The fraction of sp³-hybridized carbons (Fsp3) is 0.0714. The Hall–Kier alpha value is -3.07. The number of amides is 1. The lowest BCUT2D eigenvalue weighted by molar-refractivity contribution is -0.384. The van der Waals surface area contributed by atoms with E-state index in [9.17, 15) is 14.9 Å². The molecule has 3 aromatic rings. The van der Waals surface area contributed by atoms with Gasteiger partial charge in [-0.25, -0.2) is 4.98 Å². The zero-order valence-corrected chi connectivity index (χ0v) is 12.8. The highest BCUT2D eigenvalue weighted by atomic mass is 32.1. The zero-order valence-electron chi connectivity index (χ0n) is 12.0. The van der Waals surface area contributed by atoms with Gasteiger partial charge in [0.25, 0.3) is 11.6 Å². The van der Waals surface area contributed by atoms with Crippen LogP contribution in [0.1, 0.15) is 10.5 Å². The van der Waals surface area contributed by atoms with Crippen molar-refractivity contribution in [2.75, 3.05) is 5.32 Å². The number of non-ortho nitro benzene ring substituents is 1. The van der Waals surface area contributed by atoms with Crippen molar-refractivity contribution < 1.29 is 9.72 Å². The average Bonchev–Trinajstić information content (AvgIpc) is 3.16. The molecule has 2 heterocycles. The van der Waals surface area contributed by atoms with Crippen molar-refractivity contribution in [1.29, 1.82) is 0 Å². The summed E-state index contributed by atoms with van der Waals surface area (Å²) in [6.07, 6.45) is 1.68. The van der Waals surface area contributed by atoms with Crippen molar-refractivity contribution in [3.63, 3.8) is 0 Å². The van der Waals surface area contributed by atoms with Gasteiger partial charge in [-0.15, -0.1) is 11.3 Å². The topological polar surface area (TPSA) is 103 Å². The number of aromatic nitrogens is 3. The molecular formula is C14H11N5O3S. The lowest BCUT2D eigenvalue weighted by atomic mass is 10.1. The molecule has 0 aliphatic rings. The van der Waals surface area contributed by atoms with Gasteiger partial charge in [0.05, 0.1) is 10.6 Å². The minimum Gasteiger partial charge on any atom is -0.296 e. The van der Waals surface area contributed by atoms with Gasteiger partial charge in [0, 0.05) is 36.3 Å². The first-order valence-corrected chi connectivity index (χ1v) is 7.42.